The van der Waals surface area contributed by atoms with Crippen molar-refractivity contribution in [3.05, 3.63) is 84.5 Å². The van der Waals surface area contributed by atoms with Gasteiger partial charge in [-0.3, -0.25) is 0 Å². The lowest BCUT2D eigenvalue weighted by molar-refractivity contribution is 0.0686. The van der Waals surface area contributed by atoms with E-state index in [0.717, 1.165) is 18.4 Å². The van der Waals surface area contributed by atoms with Crippen molar-refractivity contribution in [3.63, 3.8) is 0 Å². The Kier molecular flexibility index (Phi) is 7.78. The molecule has 2 aromatic rings. The molecular weight excluding hydrogens is 432 g/mol. The van der Waals surface area contributed by atoms with Crippen LogP contribution in [-0.4, -0.2) is 25.6 Å². The predicted octanol–water partition coefficient (Wildman–Crippen LogP) is 5.86. The Bertz CT molecular complexity index is 1010. The quantitative estimate of drug-likeness (QED) is 0.310. The molecular formula is C31H40O2Si. The smallest absolute Gasteiger partial charge is 0.261 e. The van der Waals surface area contributed by atoms with E-state index in [2.05, 4.69) is 115 Å². The van der Waals surface area contributed by atoms with E-state index in [9.17, 15) is 5.11 Å². The molecule has 0 bridgehead atoms. The Hall–Kier alpha value is -2.38. The Morgan fingerprint density at radius 3 is 2.00 bits per heavy atom. The monoisotopic (exact) mass is 472 g/mol. The fourth-order valence-electron chi connectivity index (χ4n) is 6.05. The van der Waals surface area contributed by atoms with E-state index in [-0.39, 0.29) is 22.5 Å². The molecule has 0 radical (unpaired) electrons. The van der Waals surface area contributed by atoms with Crippen molar-refractivity contribution in [2.75, 3.05) is 0 Å². The molecule has 2 aromatic carbocycles. The molecule has 0 aliphatic heterocycles. The lowest BCUT2D eigenvalue weighted by Gasteiger charge is -2.50. The van der Waals surface area contributed by atoms with Gasteiger partial charge in [0.1, 0.15) is 6.10 Å². The molecule has 0 saturated heterocycles. The molecule has 0 aromatic heterocycles. The van der Waals surface area contributed by atoms with Crippen molar-refractivity contribution in [2.45, 2.75) is 71.6 Å². The molecule has 0 fully saturated rings. The largest absolute Gasteiger partial charge is 0.401 e. The second-order valence-electron chi connectivity index (χ2n) is 11.1. The summed E-state index contributed by atoms with van der Waals surface area (Å²) in [6, 6.07) is 21.4. The SMILES string of the molecule is C#C[C@H](O)C1=C(C)CC[C@@H]([C@H](C=C)O[Si](c2ccccc2)(c2ccccc2)C(C)(C)C)C1(C)C. The summed E-state index contributed by atoms with van der Waals surface area (Å²) >= 11 is 0. The van der Waals surface area contributed by atoms with Crippen molar-refractivity contribution in [2.24, 2.45) is 11.3 Å². The summed E-state index contributed by atoms with van der Waals surface area (Å²) in [5.74, 6) is 2.71. The molecule has 0 heterocycles. The molecule has 0 spiro atoms. The summed E-state index contributed by atoms with van der Waals surface area (Å²) in [6.45, 7) is 17.6. The summed E-state index contributed by atoms with van der Waals surface area (Å²) in [5, 5.41) is 13.1. The minimum absolute atomic E-state index is 0.122. The van der Waals surface area contributed by atoms with Gasteiger partial charge in [-0.25, -0.2) is 0 Å². The minimum atomic E-state index is -2.74. The first-order valence-corrected chi connectivity index (χ1v) is 14.2. The zero-order valence-corrected chi connectivity index (χ0v) is 22.6. The van der Waals surface area contributed by atoms with E-state index in [1.165, 1.54) is 15.9 Å². The Balaban J connectivity index is 2.18. The molecule has 1 aliphatic rings. The maximum atomic E-state index is 10.7. The van der Waals surface area contributed by atoms with Gasteiger partial charge in [-0.15, -0.1) is 13.0 Å². The highest BCUT2D eigenvalue weighted by atomic mass is 28.4. The summed E-state index contributed by atoms with van der Waals surface area (Å²) in [6.07, 6.45) is 8.45. The van der Waals surface area contributed by atoms with E-state index in [1.807, 2.05) is 6.08 Å². The van der Waals surface area contributed by atoms with Gasteiger partial charge in [-0.05, 0) is 52.1 Å². The summed E-state index contributed by atoms with van der Waals surface area (Å²) in [4.78, 5) is 0. The topological polar surface area (TPSA) is 29.5 Å². The number of aliphatic hydroxyl groups is 1. The third kappa shape index (κ3) is 4.60. The predicted molar refractivity (Wildman–Crippen MR) is 147 cm³/mol. The van der Waals surface area contributed by atoms with Crippen LogP contribution in [0.2, 0.25) is 5.04 Å². The second kappa shape index (κ2) is 10.1. The van der Waals surface area contributed by atoms with Gasteiger partial charge in [0.25, 0.3) is 8.32 Å². The van der Waals surface area contributed by atoms with Crippen molar-refractivity contribution in [1.82, 2.24) is 0 Å². The van der Waals surface area contributed by atoms with Gasteiger partial charge in [0.05, 0.1) is 6.10 Å². The molecule has 0 amide bonds. The van der Waals surface area contributed by atoms with E-state index in [4.69, 9.17) is 10.8 Å². The summed E-state index contributed by atoms with van der Waals surface area (Å²) in [7, 11) is -2.74. The third-order valence-corrected chi connectivity index (χ3v) is 12.7. The van der Waals surface area contributed by atoms with E-state index >= 15 is 0 Å². The molecule has 3 atom stereocenters. The van der Waals surface area contributed by atoms with Gasteiger partial charge in [-0.2, -0.15) is 0 Å². The maximum Gasteiger partial charge on any atom is 0.261 e. The van der Waals surface area contributed by atoms with Crippen molar-refractivity contribution < 1.29 is 9.53 Å². The van der Waals surface area contributed by atoms with E-state index < -0.39 is 14.4 Å². The van der Waals surface area contributed by atoms with E-state index in [0.29, 0.717) is 0 Å². The number of terminal acetylenes is 1. The molecule has 2 nitrogen and oxygen atoms in total. The average Bonchev–Trinajstić information content (AvgIpc) is 2.80. The number of hydrogen-bond acceptors (Lipinski definition) is 2. The van der Waals surface area contributed by atoms with Crippen LogP contribution in [0.5, 0.6) is 0 Å². The van der Waals surface area contributed by atoms with Crippen LogP contribution < -0.4 is 10.4 Å². The first-order chi connectivity index (χ1) is 16.0. The standard InChI is InChI=1S/C31H40O2Si/c1-9-27(32)29-23(3)21-22-26(31(29,7)8)28(10-2)33-34(30(4,5)6,24-17-13-11-14-18-24)25-19-15-12-16-20-25/h1,10-20,26-28,32H,2,21-22H2,3-8H3/t26-,27-,28-/m0/s1. The number of aliphatic hydroxyl groups excluding tert-OH is 1. The van der Waals surface area contributed by atoms with Gasteiger partial charge in [0, 0.05) is 0 Å². The summed E-state index contributed by atoms with van der Waals surface area (Å²) < 4.78 is 7.46. The highest BCUT2D eigenvalue weighted by Gasteiger charge is 2.53. The van der Waals surface area contributed by atoms with Crippen molar-refractivity contribution >= 4 is 18.7 Å². The van der Waals surface area contributed by atoms with Gasteiger partial charge in [0.2, 0.25) is 0 Å². The molecule has 1 aliphatic carbocycles. The summed E-state index contributed by atoms with van der Waals surface area (Å²) in [5.41, 5.74) is 1.84. The normalized spacial score (nSPS) is 20.4. The molecule has 180 valence electrons. The van der Waals surface area contributed by atoms with Crippen LogP contribution in [0.1, 0.15) is 54.4 Å². The number of benzene rings is 2. The van der Waals surface area contributed by atoms with Crippen LogP contribution in [0.4, 0.5) is 0 Å². The van der Waals surface area contributed by atoms with Crippen LogP contribution >= 0.6 is 0 Å². The lowest BCUT2D eigenvalue weighted by Crippen LogP contribution is -2.68. The number of allylic oxidation sites excluding steroid dienone is 1. The maximum absolute atomic E-state index is 10.7. The van der Waals surface area contributed by atoms with Gasteiger partial charge in [0.15, 0.2) is 0 Å². The van der Waals surface area contributed by atoms with Crippen molar-refractivity contribution in [1.29, 1.82) is 0 Å². The fourth-order valence-corrected chi connectivity index (χ4v) is 10.7. The van der Waals surface area contributed by atoms with Crippen molar-refractivity contribution in [3.8, 4) is 12.3 Å². The number of rotatable bonds is 7. The molecule has 3 heteroatoms. The van der Waals surface area contributed by atoms with Gasteiger partial charge in [-0.1, -0.05) is 113 Å². The van der Waals surface area contributed by atoms with Crippen LogP contribution in [0, 0.1) is 23.7 Å². The van der Waals surface area contributed by atoms with Crippen LogP contribution in [0.15, 0.2) is 84.5 Å². The Labute approximate surface area is 207 Å². The molecule has 3 rings (SSSR count). The lowest BCUT2D eigenvalue weighted by atomic mass is 9.62. The zero-order valence-electron chi connectivity index (χ0n) is 21.6. The molecule has 0 unspecified atom stereocenters. The Morgan fingerprint density at radius 2 is 1.59 bits per heavy atom. The van der Waals surface area contributed by atoms with Gasteiger partial charge < -0.3 is 9.53 Å². The van der Waals surface area contributed by atoms with Crippen LogP contribution in [0.3, 0.4) is 0 Å². The number of hydrogen-bond donors (Lipinski definition) is 1. The fraction of sp³-hybridized carbons (Fsp3) is 0.419. The first kappa shape index (κ1) is 26.2. The molecule has 1 N–H and O–H groups in total. The first-order valence-electron chi connectivity index (χ1n) is 12.3. The molecule has 34 heavy (non-hydrogen) atoms. The highest BCUT2D eigenvalue weighted by molar-refractivity contribution is 6.99. The highest BCUT2D eigenvalue weighted by Crippen LogP contribution is 2.49. The molecule has 0 saturated carbocycles. The minimum Gasteiger partial charge on any atom is -0.401 e. The van der Waals surface area contributed by atoms with Gasteiger partial charge >= 0.3 is 0 Å². The van der Waals surface area contributed by atoms with Crippen LogP contribution in [0.25, 0.3) is 0 Å². The van der Waals surface area contributed by atoms with E-state index in [1.54, 1.807) is 0 Å². The average molecular weight is 473 g/mol. The zero-order chi connectivity index (χ0) is 25.1. The third-order valence-electron chi connectivity index (χ3n) is 7.70. The van der Waals surface area contributed by atoms with Crippen LogP contribution in [-0.2, 0) is 4.43 Å². The Morgan fingerprint density at radius 1 is 1.09 bits per heavy atom. The second-order valence-corrected chi connectivity index (χ2v) is 15.4.